The van der Waals surface area contributed by atoms with Crippen molar-refractivity contribution in [3.8, 4) is 22.0 Å². The summed E-state index contributed by atoms with van der Waals surface area (Å²) in [5, 5.41) is 17.2. The number of thioether (sulfide) groups is 1. The number of thiazole rings is 1. The Labute approximate surface area is 197 Å². The molecule has 8 heteroatoms. The molecule has 0 amide bonds. The Bertz CT molecular complexity index is 1350. The minimum absolute atomic E-state index is 0.250. The first-order valence-corrected chi connectivity index (χ1v) is 13.0. The lowest BCUT2D eigenvalue weighted by molar-refractivity contribution is 0.555. The number of benzene rings is 2. The number of halogens is 1. The van der Waals surface area contributed by atoms with E-state index >= 15 is 0 Å². The number of thiophene rings is 1. The van der Waals surface area contributed by atoms with E-state index in [1.807, 2.05) is 24.3 Å². The molecule has 0 aliphatic carbocycles. The SMILES string of the molecule is CC(C)n1c(SCc2csc(-c3ccccc3Cl)n2)nnc1-c1csc2ccccc12. The predicted octanol–water partition coefficient (Wildman–Crippen LogP) is 7.81. The summed E-state index contributed by atoms with van der Waals surface area (Å²) >= 11 is 11.4. The summed E-state index contributed by atoms with van der Waals surface area (Å²) in [6.07, 6.45) is 0. The van der Waals surface area contributed by atoms with Crippen LogP contribution in [-0.4, -0.2) is 19.7 Å². The molecule has 0 N–H and O–H groups in total. The second kappa shape index (κ2) is 8.74. The molecule has 0 aliphatic rings. The second-order valence-corrected chi connectivity index (χ2v) is 10.4. The van der Waals surface area contributed by atoms with Gasteiger partial charge in [0.15, 0.2) is 11.0 Å². The van der Waals surface area contributed by atoms with E-state index in [1.54, 1.807) is 34.4 Å². The zero-order valence-electron chi connectivity index (χ0n) is 16.9. The van der Waals surface area contributed by atoms with E-state index in [9.17, 15) is 0 Å². The Morgan fingerprint density at radius 1 is 0.968 bits per heavy atom. The summed E-state index contributed by atoms with van der Waals surface area (Å²) in [6, 6.07) is 16.5. The van der Waals surface area contributed by atoms with Gasteiger partial charge < -0.3 is 0 Å². The lowest BCUT2D eigenvalue weighted by Crippen LogP contribution is -2.05. The van der Waals surface area contributed by atoms with Gasteiger partial charge >= 0.3 is 0 Å². The molecule has 2 aromatic carbocycles. The minimum atomic E-state index is 0.250. The molecule has 0 unspecified atom stereocenters. The van der Waals surface area contributed by atoms with Crippen LogP contribution in [0.15, 0.2) is 64.4 Å². The van der Waals surface area contributed by atoms with Crippen LogP contribution in [0.1, 0.15) is 25.6 Å². The van der Waals surface area contributed by atoms with Crippen molar-refractivity contribution in [2.75, 3.05) is 0 Å². The number of aromatic nitrogens is 4. The van der Waals surface area contributed by atoms with Gasteiger partial charge in [0.1, 0.15) is 5.01 Å². The molecule has 0 bridgehead atoms. The van der Waals surface area contributed by atoms with Gasteiger partial charge in [-0.25, -0.2) is 4.98 Å². The summed E-state index contributed by atoms with van der Waals surface area (Å²) in [5.41, 5.74) is 3.14. The first-order valence-electron chi connectivity index (χ1n) is 9.85. The number of hydrogen-bond acceptors (Lipinski definition) is 6. The van der Waals surface area contributed by atoms with Crippen LogP contribution in [0.4, 0.5) is 0 Å². The van der Waals surface area contributed by atoms with Gasteiger partial charge in [0.25, 0.3) is 0 Å². The quantitative estimate of drug-likeness (QED) is 0.231. The second-order valence-electron chi connectivity index (χ2n) is 7.33. The Hall–Kier alpha value is -2.19. The average Bonchev–Trinajstić information content (AvgIpc) is 3.50. The van der Waals surface area contributed by atoms with Crippen LogP contribution in [-0.2, 0) is 5.75 Å². The Morgan fingerprint density at radius 3 is 2.61 bits per heavy atom. The highest BCUT2D eigenvalue weighted by Gasteiger charge is 2.20. The van der Waals surface area contributed by atoms with Gasteiger partial charge in [-0.15, -0.1) is 32.9 Å². The normalized spacial score (nSPS) is 11.6. The standard InChI is InChI=1S/C23H19ClN4S3/c1-14(2)28-21(18-13-29-20-10-6-4-7-16(18)20)26-27-23(28)31-12-15-11-30-22(25-15)17-8-3-5-9-19(17)24/h3-11,13-14H,12H2,1-2H3. The van der Waals surface area contributed by atoms with Crippen molar-refractivity contribution < 1.29 is 0 Å². The number of nitrogens with zero attached hydrogens (tertiary/aromatic N) is 4. The third kappa shape index (κ3) is 4.03. The highest BCUT2D eigenvalue weighted by atomic mass is 35.5. The van der Waals surface area contributed by atoms with Crippen LogP contribution < -0.4 is 0 Å². The molecule has 0 radical (unpaired) electrons. The number of hydrogen-bond donors (Lipinski definition) is 0. The Kier molecular flexibility index (Phi) is 5.84. The van der Waals surface area contributed by atoms with E-state index < -0.39 is 0 Å². The molecule has 5 aromatic rings. The molecule has 0 saturated carbocycles. The summed E-state index contributed by atoms with van der Waals surface area (Å²) < 4.78 is 3.49. The van der Waals surface area contributed by atoms with E-state index in [4.69, 9.17) is 16.6 Å². The monoisotopic (exact) mass is 482 g/mol. The van der Waals surface area contributed by atoms with Gasteiger partial charge in [-0.3, -0.25) is 4.57 Å². The van der Waals surface area contributed by atoms with Crippen molar-refractivity contribution in [2.24, 2.45) is 0 Å². The van der Waals surface area contributed by atoms with Crippen molar-refractivity contribution in [1.29, 1.82) is 0 Å². The van der Waals surface area contributed by atoms with Gasteiger partial charge in [0.05, 0.1) is 10.7 Å². The number of rotatable bonds is 6. The molecule has 3 heterocycles. The molecule has 0 spiro atoms. The molecule has 156 valence electrons. The first-order chi connectivity index (χ1) is 15.1. The van der Waals surface area contributed by atoms with Crippen LogP contribution in [0.3, 0.4) is 0 Å². The lowest BCUT2D eigenvalue weighted by Gasteiger charge is -2.13. The van der Waals surface area contributed by atoms with Crippen molar-refractivity contribution in [2.45, 2.75) is 30.8 Å². The van der Waals surface area contributed by atoms with Crippen LogP contribution in [0.2, 0.25) is 5.02 Å². The summed E-state index contributed by atoms with van der Waals surface area (Å²) in [4.78, 5) is 4.79. The molecule has 3 aromatic heterocycles. The van der Waals surface area contributed by atoms with E-state index in [0.29, 0.717) is 0 Å². The van der Waals surface area contributed by atoms with Gasteiger partial charge in [0.2, 0.25) is 0 Å². The summed E-state index contributed by atoms with van der Waals surface area (Å²) in [6.45, 7) is 4.34. The van der Waals surface area contributed by atoms with Crippen molar-refractivity contribution in [3.05, 3.63) is 70.0 Å². The molecular formula is C23H19ClN4S3. The van der Waals surface area contributed by atoms with E-state index in [0.717, 1.165) is 43.6 Å². The Balaban J connectivity index is 1.41. The van der Waals surface area contributed by atoms with Crippen LogP contribution in [0, 0.1) is 0 Å². The maximum Gasteiger partial charge on any atom is 0.192 e. The van der Waals surface area contributed by atoms with Gasteiger partial charge in [-0.05, 0) is 26.0 Å². The fraction of sp³-hybridized carbons (Fsp3) is 0.174. The molecule has 31 heavy (non-hydrogen) atoms. The molecular weight excluding hydrogens is 464 g/mol. The van der Waals surface area contributed by atoms with Crippen molar-refractivity contribution >= 4 is 56.1 Å². The predicted molar refractivity (Wildman–Crippen MR) is 133 cm³/mol. The van der Waals surface area contributed by atoms with Crippen molar-refractivity contribution in [3.63, 3.8) is 0 Å². The Morgan fingerprint density at radius 2 is 1.77 bits per heavy atom. The summed E-state index contributed by atoms with van der Waals surface area (Å²) in [5.74, 6) is 1.65. The number of fused-ring (bicyclic) bond motifs is 1. The van der Waals surface area contributed by atoms with Gasteiger partial charge in [-0.1, -0.05) is 59.8 Å². The van der Waals surface area contributed by atoms with Crippen LogP contribution in [0.5, 0.6) is 0 Å². The summed E-state index contributed by atoms with van der Waals surface area (Å²) in [7, 11) is 0. The topological polar surface area (TPSA) is 43.6 Å². The van der Waals surface area contributed by atoms with Crippen LogP contribution >= 0.6 is 46.0 Å². The minimum Gasteiger partial charge on any atom is -0.299 e. The maximum atomic E-state index is 6.33. The molecule has 0 atom stereocenters. The zero-order valence-corrected chi connectivity index (χ0v) is 20.2. The largest absolute Gasteiger partial charge is 0.299 e. The maximum absolute atomic E-state index is 6.33. The van der Waals surface area contributed by atoms with E-state index in [-0.39, 0.29) is 6.04 Å². The van der Waals surface area contributed by atoms with Crippen LogP contribution in [0.25, 0.3) is 32.0 Å². The highest BCUT2D eigenvalue weighted by molar-refractivity contribution is 7.98. The molecule has 0 aliphatic heterocycles. The molecule has 5 rings (SSSR count). The fourth-order valence-corrected chi connectivity index (χ4v) is 6.59. The molecule has 4 nitrogen and oxygen atoms in total. The molecule has 0 fully saturated rings. The van der Waals surface area contributed by atoms with Gasteiger partial charge in [0, 0.05) is 43.8 Å². The average molecular weight is 483 g/mol. The highest BCUT2D eigenvalue weighted by Crippen LogP contribution is 2.37. The third-order valence-electron chi connectivity index (χ3n) is 4.91. The first kappa shape index (κ1) is 20.7. The van der Waals surface area contributed by atoms with E-state index in [1.165, 1.54) is 10.1 Å². The smallest absolute Gasteiger partial charge is 0.192 e. The van der Waals surface area contributed by atoms with E-state index in [2.05, 4.69) is 63.6 Å². The van der Waals surface area contributed by atoms with Gasteiger partial charge in [-0.2, -0.15) is 0 Å². The third-order valence-corrected chi connectivity index (χ3v) is 8.10. The fourth-order valence-electron chi connectivity index (χ4n) is 3.45. The molecule has 0 saturated heterocycles. The lowest BCUT2D eigenvalue weighted by atomic mass is 10.1. The van der Waals surface area contributed by atoms with Crippen molar-refractivity contribution in [1.82, 2.24) is 19.7 Å². The zero-order chi connectivity index (χ0) is 21.4.